The number of amides is 1. The first-order chi connectivity index (χ1) is 10.0. The first-order valence-electron chi connectivity index (χ1n) is 6.35. The first-order valence-corrected chi connectivity index (χ1v) is 7.23. The molecule has 0 fully saturated rings. The summed E-state index contributed by atoms with van der Waals surface area (Å²) in [6.45, 7) is 2.58. The number of aromatic hydroxyl groups is 1. The van der Waals surface area contributed by atoms with Crippen molar-refractivity contribution in [3.8, 4) is 17.0 Å². The van der Waals surface area contributed by atoms with Crippen molar-refractivity contribution in [1.29, 1.82) is 0 Å². The number of methoxy groups -OCH3 is 1. The van der Waals surface area contributed by atoms with Crippen LogP contribution in [0.3, 0.4) is 0 Å². The average molecular weight is 307 g/mol. The molecule has 0 aliphatic heterocycles. The summed E-state index contributed by atoms with van der Waals surface area (Å²) in [5.41, 5.74) is 6.75. The van der Waals surface area contributed by atoms with Crippen LogP contribution in [0.25, 0.3) is 11.3 Å². The first kappa shape index (κ1) is 15.3. The largest absolute Gasteiger partial charge is 0.507 e. The Bertz CT molecular complexity index is 642. The molecule has 1 amide bonds. The second-order valence-corrected chi connectivity index (χ2v) is 5.49. The van der Waals surface area contributed by atoms with Crippen molar-refractivity contribution in [3.63, 3.8) is 0 Å². The van der Waals surface area contributed by atoms with Crippen molar-refractivity contribution < 1.29 is 14.6 Å². The van der Waals surface area contributed by atoms with E-state index in [4.69, 9.17) is 10.5 Å². The molecule has 1 aromatic carbocycles. The Hall–Kier alpha value is -2.12. The van der Waals surface area contributed by atoms with Gasteiger partial charge >= 0.3 is 0 Å². The number of rotatable bonds is 6. The standard InChI is InChI=1S/C14H17N3O3S/c1-8(6-20-2)16-14-17-11(7-21-14)9-3-4-12(18)10(5-9)13(15)19/h3-5,7-8,18H,6H2,1-2H3,(H2,15,19)(H,16,17)/t8-/m0/s1. The number of thiazole rings is 1. The van der Waals surface area contributed by atoms with Crippen LogP contribution in [0.15, 0.2) is 23.6 Å². The van der Waals surface area contributed by atoms with Gasteiger partial charge in [-0.15, -0.1) is 11.3 Å². The quantitative estimate of drug-likeness (QED) is 0.759. The molecule has 1 atom stereocenters. The van der Waals surface area contributed by atoms with Crippen LogP contribution in [-0.2, 0) is 4.74 Å². The number of anilines is 1. The van der Waals surface area contributed by atoms with E-state index in [1.807, 2.05) is 12.3 Å². The van der Waals surface area contributed by atoms with Crippen LogP contribution in [-0.4, -0.2) is 35.8 Å². The van der Waals surface area contributed by atoms with Gasteiger partial charge in [0.05, 0.1) is 17.9 Å². The fraction of sp³-hybridized carbons (Fsp3) is 0.286. The van der Waals surface area contributed by atoms with Gasteiger partial charge in [0.1, 0.15) is 5.75 Å². The average Bonchev–Trinajstić information content (AvgIpc) is 2.87. The number of aromatic nitrogens is 1. The Morgan fingerprint density at radius 1 is 1.57 bits per heavy atom. The molecule has 1 heterocycles. The lowest BCUT2D eigenvalue weighted by Crippen LogP contribution is -2.20. The number of nitrogens with two attached hydrogens (primary N) is 1. The molecule has 2 aromatic rings. The molecular weight excluding hydrogens is 290 g/mol. The summed E-state index contributed by atoms with van der Waals surface area (Å²) < 4.78 is 5.06. The number of primary amides is 1. The van der Waals surface area contributed by atoms with Crippen LogP contribution in [0, 0.1) is 0 Å². The fourth-order valence-corrected chi connectivity index (χ4v) is 2.70. The molecule has 0 aliphatic rings. The number of hydrogen-bond donors (Lipinski definition) is 3. The maximum atomic E-state index is 11.2. The number of phenols is 1. The molecule has 0 unspecified atom stereocenters. The Labute approximate surface area is 126 Å². The molecule has 1 aromatic heterocycles. The number of ether oxygens (including phenoxy) is 1. The van der Waals surface area contributed by atoms with E-state index >= 15 is 0 Å². The topological polar surface area (TPSA) is 97.5 Å². The highest BCUT2D eigenvalue weighted by Crippen LogP contribution is 2.28. The molecule has 7 heteroatoms. The summed E-state index contributed by atoms with van der Waals surface area (Å²) in [5, 5.41) is 15.5. The molecule has 0 saturated heterocycles. The number of hydrogen-bond acceptors (Lipinski definition) is 6. The minimum Gasteiger partial charge on any atom is -0.507 e. The normalized spacial score (nSPS) is 12.1. The maximum Gasteiger partial charge on any atom is 0.252 e. The van der Waals surface area contributed by atoms with Crippen molar-refractivity contribution >= 4 is 22.4 Å². The van der Waals surface area contributed by atoms with Crippen molar-refractivity contribution in [2.45, 2.75) is 13.0 Å². The monoisotopic (exact) mass is 307 g/mol. The lowest BCUT2D eigenvalue weighted by molar-refractivity contribution is 0.0998. The van der Waals surface area contributed by atoms with Gasteiger partial charge in [-0.2, -0.15) is 0 Å². The second kappa shape index (κ2) is 6.55. The maximum absolute atomic E-state index is 11.2. The van der Waals surface area contributed by atoms with Crippen molar-refractivity contribution in [2.24, 2.45) is 5.73 Å². The summed E-state index contributed by atoms with van der Waals surface area (Å²) in [4.78, 5) is 15.7. The lowest BCUT2D eigenvalue weighted by atomic mass is 10.1. The van der Waals surface area contributed by atoms with Crippen LogP contribution >= 0.6 is 11.3 Å². The smallest absolute Gasteiger partial charge is 0.252 e. The van der Waals surface area contributed by atoms with Gasteiger partial charge in [-0.05, 0) is 25.1 Å². The third-order valence-corrected chi connectivity index (χ3v) is 3.62. The molecule has 0 spiro atoms. The summed E-state index contributed by atoms with van der Waals surface area (Å²) in [6, 6.07) is 4.82. The van der Waals surface area contributed by atoms with Crippen LogP contribution in [0.4, 0.5) is 5.13 Å². The van der Waals surface area contributed by atoms with Gasteiger partial charge in [0.15, 0.2) is 5.13 Å². The van der Waals surface area contributed by atoms with E-state index < -0.39 is 5.91 Å². The van der Waals surface area contributed by atoms with E-state index in [0.29, 0.717) is 6.61 Å². The molecule has 112 valence electrons. The Morgan fingerprint density at radius 2 is 2.33 bits per heavy atom. The molecule has 0 bridgehead atoms. The third kappa shape index (κ3) is 3.71. The van der Waals surface area contributed by atoms with E-state index in [-0.39, 0.29) is 17.4 Å². The molecule has 0 aliphatic carbocycles. The van der Waals surface area contributed by atoms with Crippen molar-refractivity contribution in [1.82, 2.24) is 4.98 Å². The number of nitrogens with one attached hydrogen (secondary N) is 1. The van der Waals surface area contributed by atoms with Gasteiger partial charge in [0, 0.05) is 24.1 Å². The zero-order valence-electron chi connectivity index (χ0n) is 11.8. The molecule has 0 saturated carbocycles. The molecule has 4 N–H and O–H groups in total. The minimum atomic E-state index is -0.670. The highest BCUT2D eigenvalue weighted by molar-refractivity contribution is 7.14. The summed E-state index contributed by atoms with van der Waals surface area (Å²) in [6.07, 6.45) is 0. The van der Waals surface area contributed by atoms with Crippen molar-refractivity contribution in [3.05, 3.63) is 29.1 Å². The van der Waals surface area contributed by atoms with E-state index in [0.717, 1.165) is 16.4 Å². The van der Waals surface area contributed by atoms with Gasteiger partial charge in [-0.1, -0.05) is 0 Å². The van der Waals surface area contributed by atoms with Crippen molar-refractivity contribution in [2.75, 3.05) is 19.0 Å². The highest BCUT2D eigenvalue weighted by atomic mass is 32.1. The van der Waals surface area contributed by atoms with Crippen LogP contribution < -0.4 is 11.1 Å². The summed E-state index contributed by atoms with van der Waals surface area (Å²) in [7, 11) is 1.65. The zero-order valence-corrected chi connectivity index (χ0v) is 12.6. The van der Waals surface area contributed by atoms with Crippen LogP contribution in [0.2, 0.25) is 0 Å². The molecule has 0 radical (unpaired) electrons. The SMILES string of the molecule is COC[C@H](C)Nc1nc(-c2ccc(O)c(C(N)=O)c2)cs1. The lowest BCUT2D eigenvalue weighted by Gasteiger charge is -2.10. The number of carbonyl (C=O) groups excluding carboxylic acids is 1. The predicted octanol–water partition coefficient (Wildman–Crippen LogP) is 2.06. The zero-order chi connectivity index (χ0) is 15.4. The minimum absolute atomic E-state index is 0.0859. The van der Waals surface area contributed by atoms with Gasteiger partial charge in [0.2, 0.25) is 0 Å². The Morgan fingerprint density at radius 3 is 3.00 bits per heavy atom. The Balaban J connectivity index is 2.21. The summed E-state index contributed by atoms with van der Waals surface area (Å²) in [5.74, 6) is -0.801. The van der Waals surface area contributed by atoms with E-state index in [1.54, 1.807) is 13.2 Å². The number of benzene rings is 1. The van der Waals surface area contributed by atoms with Gasteiger partial charge in [0.25, 0.3) is 5.91 Å². The predicted molar refractivity (Wildman–Crippen MR) is 82.7 cm³/mol. The summed E-state index contributed by atoms with van der Waals surface area (Å²) >= 11 is 1.46. The highest BCUT2D eigenvalue weighted by Gasteiger charge is 2.12. The van der Waals surface area contributed by atoms with Crippen LogP contribution in [0.1, 0.15) is 17.3 Å². The molecular formula is C14H17N3O3S. The molecule has 6 nitrogen and oxygen atoms in total. The Kier molecular flexibility index (Phi) is 4.77. The van der Waals surface area contributed by atoms with Gasteiger partial charge < -0.3 is 20.9 Å². The van der Waals surface area contributed by atoms with Gasteiger partial charge in [-0.3, -0.25) is 4.79 Å². The third-order valence-electron chi connectivity index (χ3n) is 2.85. The molecule has 2 rings (SSSR count). The number of carbonyl (C=O) groups is 1. The van der Waals surface area contributed by atoms with Crippen LogP contribution in [0.5, 0.6) is 5.75 Å². The van der Waals surface area contributed by atoms with E-state index in [9.17, 15) is 9.90 Å². The van der Waals surface area contributed by atoms with Gasteiger partial charge in [-0.25, -0.2) is 4.98 Å². The van der Waals surface area contributed by atoms with E-state index in [1.165, 1.54) is 23.5 Å². The van der Waals surface area contributed by atoms with E-state index in [2.05, 4.69) is 10.3 Å². The fourth-order valence-electron chi connectivity index (χ4n) is 1.87. The molecule has 21 heavy (non-hydrogen) atoms. The second-order valence-electron chi connectivity index (χ2n) is 4.63. The number of nitrogens with zero attached hydrogens (tertiary/aromatic N) is 1.